The molecule has 5 rings (SSSR count). The van der Waals surface area contributed by atoms with Gasteiger partial charge in [0.15, 0.2) is 15.0 Å². The Kier molecular flexibility index (Phi) is 9.01. The molecule has 1 aliphatic rings. The molecule has 0 saturated carbocycles. The van der Waals surface area contributed by atoms with Gasteiger partial charge in [0.1, 0.15) is 0 Å². The number of hydrogen-bond acceptors (Lipinski definition) is 8. The van der Waals surface area contributed by atoms with E-state index in [-0.39, 0.29) is 10.8 Å². The van der Waals surface area contributed by atoms with Gasteiger partial charge in [0, 0.05) is 56.3 Å². The third-order valence-corrected chi connectivity index (χ3v) is 9.90. The summed E-state index contributed by atoms with van der Waals surface area (Å²) in [5.41, 5.74) is 3.95. The van der Waals surface area contributed by atoms with E-state index in [1.807, 2.05) is 29.6 Å². The number of halogens is 2. The summed E-state index contributed by atoms with van der Waals surface area (Å²) >= 11 is 8.65. The van der Waals surface area contributed by atoms with Crippen molar-refractivity contribution in [1.82, 2.24) is 14.9 Å². The van der Waals surface area contributed by atoms with Crippen LogP contribution < -0.4 is 10.6 Å². The second-order valence-electron chi connectivity index (χ2n) is 9.60. The summed E-state index contributed by atoms with van der Waals surface area (Å²) in [5.74, 6) is -0.308. The molecule has 3 heterocycles. The van der Waals surface area contributed by atoms with Crippen molar-refractivity contribution < 1.29 is 13.2 Å². The lowest BCUT2D eigenvalue weighted by atomic mass is 10.1. The second-order valence-corrected chi connectivity index (χ2v) is 14.1. The summed E-state index contributed by atoms with van der Waals surface area (Å²) in [7, 11) is -3.55. The van der Waals surface area contributed by atoms with Gasteiger partial charge < -0.3 is 10.6 Å². The molecular formula is C28H27Br2N5O3S2. The molecule has 0 atom stereocenters. The van der Waals surface area contributed by atoms with Crippen molar-refractivity contribution >= 4 is 75.4 Å². The lowest BCUT2D eigenvalue weighted by Crippen LogP contribution is -2.29. The molecule has 0 unspecified atom stereocenters. The second kappa shape index (κ2) is 12.5. The molecule has 40 heavy (non-hydrogen) atoms. The minimum atomic E-state index is -3.55. The topological polar surface area (TPSA) is 104 Å². The van der Waals surface area contributed by atoms with Crippen molar-refractivity contribution in [3.63, 3.8) is 0 Å². The van der Waals surface area contributed by atoms with Gasteiger partial charge in [0.05, 0.1) is 16.3 Å². The molecule has 2 N–H and O–H groups in total. The highest BCUT2D eigenvalue weighted by Gasteiger charge is 2.19. The van der Waals surface area contributed by atoms with Crippen molar-refractivity contribution in [3.8, 4) is 11.3 Å². The molecule has 12 heteroatoms. The summed E-state index contributed by atoms with van der Waals surface area (Å²) < 4.78 is 26.7. The van der Waals surface area contributed by atoms with E-state index in [9.17, 15) is 13.2 Å². The van der Waals surface area contributed by atoms with E-state index in [1.165, 1.54) is 36.7 Å². The van der Waals surface area contributed by atoms with Gasteiger partial charge in [0.25, 0.3) is 5.91 Å². The number of carbonyl (C=O) groups is 1. The molecule has 1 saturated heterocycles. The lowest BCUT2D eigenvalue weighted by molar-refractivity contribution is 0.102. The number of sulfone groups is 1. The standard InChI is InChI=1S/C28H27Br2N5O3S2/c1-40(37,38)26-8-7-20(14-24(26)33-28-34-25(17-39-28)18-6-5-9-31-15-18)32-27(36)19-12-22(29)21(23(30)13-19)16-35-10-3-2-4-11-35/h5-9,12-15,17H,2-4,10-11,16H2,1H3,(H,32,36)(H,33,34). The molecule has 4 aromatic rings. The molecule has 0 radical (unpaired) electrons. The van der Waals surface area contributed by atoms with Crippen LogP contribution in [0, 0.1) is 0 Å². The minimum Gasteiger partial charge on any atom is -0.330 e. The summed E-state index contributed by atoms with van der Waals surface area (Å²) in [6, 6.07) is 12.0. The molecule has 0 aliphatic carbocycles. The van der Waals surface area contributed by atoms with E-state index in [0.717, 1.165) is 51.7 Å². The third-order valence-electron chi connectivity index (χ3n) is 6.57. The van der Waals surface area contributed by atoms with Crippen LogP contribution in [0.25, 0.3) is 11.3 Å². The molecular weight excluding hydrogens is 678 g/mol. The highest BCUT2D eigenvalue weighted by molar-refractivity contribution is 9.11. The molecule has 1 aliphatic heterocycles. The van der Waals surface area contributed by atoms with Crippen LogP contribution in [-0.4, -0.2) is 48.5 Å². The van der Waals surface area contributed by atoms with E-state index >= 15 is 0 Å². The lowest BCUT2D eigenvalue weighted by Gasteiger charge is -2.27. The summed E-state index contributed by atoms with van der Waals surface area (Å²) in [4.78, 5) is 24.4. The van der Waals surface area contributed by atoms with Gasteiger partial charge in [-0.25, -0.2) is 13.4 Å². The maximum Gasteiger partial charge on any atom is 0.255 e. The molecule has 0 bridgehead atoms. The van der Waals surface area contributed by atoms with E-state index in [4.69, 9.17) is 0 Å². The van der Waals surface area contributed by atoms with Crippen molar-refractivity contribution in [2.45, 2.75) is 30.7 Å². The monoisotopic (exact) mass is 703 g/mol. The van der Waals surface area contributed by atoms with Crippen LogP contribution >= 0.6 is 43.2 Å². The van der Waals surface area contributed by atoms with Gasteiger partial charge >= 0.3 is 0 Å². The molecule has 1 fully saturated rings. The normalized spacial score (nSPS) is 14.2. The Balaban J connectivity index is 1.36. The number of piperidine rings is 1. The number of nitrogens with one attached hydrogen (secondary N) is 2. The SMILES string of the molecule is CS(=O)(=O)c1ccc(NC(=O)c2cc(Br)c(CN3CCCCC3)c(Br)c2)cc1Nc1nc(-c2cccnc2)cs1. The number of benzene rings is 2. The zero-order valence-electron chi connectivity index (χ0n) is 21.7. The maximum absolute atomic E-state index is 13.2. The van der Waals surface area contributed by atoms with Gasteiger partial charge in [-0.1, -0.05) is 38.3 Å². The molecule has 0 spiro atoms. The summed E-state index contributed by atoms with van der Waals surface area (Å²) in [5, 5.41) is 8.41. The Hall–Kier alpha value is -2.64. The van der Waals surface area contributed by atoms with Gasteiger partial charge in [0.2, 0.25) is 0 Å². The number of rotatable bonds is 8. The number of amides is 1. The smallest absolute Gasteiger partial charge is 0.255 e. The molecule has 2 aromatic carbocycles. The van der Waals surface area contributed by atoms with Crippen molar-refractivity contribution in [1.29, 1.82) is 0 Å². The van der Waals surface area contributed by atoms with Crippen LogP contribution in [0.1, 0.15) is 35.2 Å². The quantitative estimate of drug-likeness (QED) is 0.201. The first kappa shape index (κ1) is 28.9. The number of aromatic nitrogens is 2. The van der Waals surface area contributed by atoms with E-state index in [0.29, 0.717) is 22.1 Å². The Labute approximate surface area is 254 Å². The highest BCUT2D eigenvalue weighted by atomic mass is 79.9. The average Bonchev–Trinajstić information content (AvgIpc) is 3.39. The number of nitrogens with zero attached hydrogens (tertiary/aromatic N) is 3. The van der Waals surface area contributed by atoms with Crippen LogP contribution in [0.5, 0.6) is 0 Å². The molecule has 2 aromatic heterocycles. The largest absolute Gasteiger partial charge is 0.330 e. The average molecular weight is 705 g/mol. The zero-order valence-corrected chi connectivity index (χ0v) is 26.5. The number of pyridine rings is 1. The number of anilines is 3. The summed E-state index contributed by atoms with van der Waals surface area (Å²) in [6.45, 7) is 2.96. The fraction of sp³-hybridized carbons (Fsp3) is 0.250. The highest BCUT2D eigenvalue weighted by Crippen LogP contribution is 2.33. The number of hydrogen-bond donors (Lipinski definition) is 2. The Morgan fingerprint density at radius 3 is 2.50 bits per heavy atom. The van der Waals surface area contributed by atoms with E-state index < -0.39 is 9.84 Å². The van der Waals surface area contributed by atoms with Gasteiger partial charge in [-0.3, -0.25) is 14.7 Å². The first-order chi connectivity index (χ1) is 19.2. The fourth-order valence-corrected chi connectivity index (χ4v) is 7.55. The number of thiazole rings is 1. The number of carbonyl (C=O) groups excluding carboxylic acids is 1. The predicted octanol–water partition coefficient (Wildman–Crippen LogP) is 7.12. The van der Waals surface area contributed by atoms with Crippen LogP contribution in [0.4, 0.5) is 16.5 Å². The van der Waals surface area contributed by atoms with Gasteiger partial charge in [-0.05, 0) is 74.0 Å². The van der Waals surface area contributed by atoms with Crippen molar-refractivity contribution in [2.24, 2.45) is 0 Å². The molecule has 8 nitrogen and oxygen atoms in total. The van der Waals surface area contributed by atoms with E-state index in [1.54, 1.807) is 24.5 Å². The Morgan fingerprint density at radius 1 is 1.07 bits per heavy atom. The van der Waals surface area contributed by atoms with Gasteiger partial charge in [-0.2, -0.15) is 0 Å². The number of likely N-dealkylation sites (tertiary alicyclic amines) is 1. The van der Waals surface area contributed by atoms with Crippen LogP contribution in [0.3, 0.4) is 0 Å². The van der Waals surface area contributed by atoms with Crippen molar-refractivity contribution in [3.05, 3.63) is 80.3 Å². The molecule has 208 valence electrons. The first-order valence-electron chi connectivity index (χ1n) is 12.7. The predicted molar refractivity (Wildman–Crippen MR) is 167 cm³/mol. The van der Waals surface area contributed by atoms with Gasteiger partial charge in [-0.15, -0.1) is 11.3 Å². The third kappa shape index (κ3) is 6.98. The fourth-order valence-electron chi connectivity index (χ4n) is 4.55. The van der Waals surface area contributed by atoms with Crippen LogP contribution in [0.15, 0.2) is 74.1 Å². The zero-order chi connectivity index (χ0) is 28.3. The maximum atomic E-state index is 13.2. The van der Waals surface area contributed by atoms with Crippen LogP contribution in [-0.2, 0) is 16.4 Å². The molecule has 1 amide bonds. The minimum absolute atomic E-state index is 0.108. The Bertz CT molecular complexity index is 1620. The summed E-state index contributed by atoms with van der Waals surface area (Å²) in [6.07, 6.45) is 8.24. The first-order valence-corrected chi connectivity index (χ1v) is 17.0. The van der Waals surface area contributed by atoms with Crippen LogP contribution in [0.2, 0.25) is 0 Å². The van der Waals surface area contributed by atoms with E-state index in [2.05, 4.69) is 57.4 Å². The Morgan fingerprint density at radius 2 is 1.82 bits per heavy atom. The van der Waals surface area contributed by atoms with Crippen molar-refractivity contribution in [2.75, 3.05) is 30.0 Å².